The van der Waals surface area contributed by atoms with Gasteiger partial charge < -0.3 is 10.1 Å². The summed E-state index contributed by atoms with van der Waals surface area (Å²) in [5.74, 6) is -0.729. The second kappa shape index (κ2) is 6.96. The lowest BCUT2D eigenvalue weighted by Crippen LogP contribution is -2.38. The quantitative estimate of drug-likeness (QED) is 0.657. The number of amides is 1. The average Bonchev–Trinajstić information content (AvgIpc) is 2.73. The molecule has 1 amide bonds. The van der Waals surface area contributed by atoms with Crippen LogP contribution in [0.15, 0.2) is 18.2 Å². The van der Waals surface area contributed by atoms with Crippen LogP contribution in [0.4, 0.5) is 0 Å². The van der Waals surface area contributed by atoms with Gasteiger partial charge in [-0.15, -0.1) is 11.3 Å². The Balaban J connectivity index is 2.46. The van der Waals surface area contributed by atoms with Gasteiger partial charge in [0.1, 0.15) is 6.04 Å². The van der Waals surface area contributed by atoms with Gasteiger partial charge in [-0.25, -0.2) is 4.79 Å². The van der Waals surface area contributed by atoms with Crippen molar-refractivity contribution in [1.82, 2.24) is 5.32 Å². The van der Waals surface area contributed by atoms with Gasteiger partial charge in [-0.05, 0) is 39.0 Å². The molecule has 1 heterocycles. The maximum absolute atomic E-state index is 11.5. The van der Waals surface area contributed by atoms with Gasteiger partial charge in [0.15, 0.2) is 0 Å². The predicted molar refractivity (Wildman–Crippen MR) is 72.3 cm³/mol. The summed E-state index contributed by atoms with van der Waals surface area (Å²) < 4.78 is 4.79. The van der Waals surface area contributed by atoms with Crippen LogP contribution < -0.4 is 5.32 Å². The highest BCUT2D eigenvalue weighted by Gasteiger charge is 2.14. The number of carbonyl (C=O) groups is 2. The maximum atomic E-state index is 11.5. The molecule has 5 heteroatoms. The highest BCUT2D eigenvalue weighted by molar-refractivity contribution is 7.12. The first-order valence-electron chi connectivity index (χ1n) is 5.74. The van der Waals surface area contributed by atoms with Crippen molar-refractivity contribution in [3.63, 3.8) is 0 Å². The van der Waals surface area contributed by atoms with Gasteiger partial charge in [0, 0.05) is 15.8 Å². The summed E-state index contributed by atoms with van der Waals surface area (Å²) in [5.41, 5.74) is 0. The number of carbonyl (C=O) groups excluding carboxylic acids is 2. The molecule has 0 saturated heterocycles. The molecule has 0 spiro atoms. The van der Waals surface area contributed by atoms with Crippen molar-refractivity contribution < 1.29 is 14.3 Å². The van der Waals surface area contributed by atoms with E-state index in [2.05, 4.69) is 5.32 Å². The van der Waals surface area contributed by atoms with E-state index in [9.17, 15) is 9.59 Å². The molecule has 0 saturated carbocycles. The molecule has 4 nitrogen and oxygen atoms in total. The maximum Gasteiger partial charge on any atom is 0.328 e. The van der Waals surface area contributed by atoms with E-state index < -0.39 is 12.0 Å². The zero-order valence-corrected chi connectivity index (χ0v) is 11.5. The summed E-state index contributed by atoms with van der Waals surface area (Å²) >= 11 is 1.60. The molecular weight excluding hydrogens is 250 g/mol. The molecule has 0 fully saturated rings. The molecule has 18 heavy (non-hydrogen) atoms. The number of thiophene rings is 1. The van der Waals surface area contributed by atoms with Gasteiger partial charge in [-0.1, -0.05) is 0 Å². The van der Waals surface area contributed by atoms with E-state index in [1.165, 1.54) is 11.0 Å². The summed E-state index contributed by atoms with van der Waals surface area (Å²) in [6, 6.07) is 3.30. The fourth-order valence-electron chi connectivity index (χ4n) is 1.29. The monoisotopic (exact) mass is 267 g/mol. The largest absolute Gasteiger partial charge is 0.464 e. The smallest absolute Gasteiger partial charge is 0.328 e. The third kappa shape index (κ3) is 4.71. The summed E-state index contributed by atoms with van der Waals surface area (Å²) in [5, 5.41) is 2.55. The Morgan fingerprint density at radius 3 is 2.78 bits per heavy atom. The molecule has 1 N–H and O–H groups in total. The lowest BCUT2D eigenvalue weighted by molar-refractivity contribution is -0.146. The Morgan fingerprint density at radius 2 is 2.22 bits per heavy atom. The van der Waals surface area contributed by atoms with E-state index in [0.717, 1.165) is 4.88 Å². The first kappa shape index (κ1) is 14.4. The predicted octanol–water partition coefficient (Wildman–Crippen LogP) is 2.14. The Hall–Kier alpha value is -1.62. The Morgan fingerprint density at radius 1 is 1.50 bits per heavy atom. The first-order valence-corrected chi connectivity index (χ1v) is 6.56. The lowest BCUT2D eigenvalue weighted by atomic mass is 10.3. The standard InChI is InChI=1S/C13H17NO3S/c1-4-17-13(16)10(3)14-12(15)8-7-11-6-5-9(2)18-11/h5-8,10H,4H2,1-3H3,(H,14,15). The van der Waals surface area contributed by atoms with Crippen molar-refractivity contribution in [3.8, 4) is 0 Å². The number of nitrogens with one attached hydrogen (secondary N) is 1. The van der Waals surface area contributed by atoms with Gasteiger partial charge in [-0.2, -0.15) is 0 Å². The van der Waals surface area contributed by atoms with Gasteiger partial charge >= 0.3 is 5.97 Å². The Bertz CT molecular complexity index is 451. The minimum absolute atomic E-state index is 0.304. The van der Waals surface area contributed by atoms with Crippen LogP contribution in [0.1, 0.15) is 23.6 Å². The van der Waals surface area contributed by atoms with E-state index >= 15 is 0 Å². The lowest BCUT2D eigenvalue weighted by Gasteiger charge is -2.10. The summed E-state index contributed by atoms with van der Waals surface area (Å²) in [6.45, 7) is 5.64. The highest BCUT2D eigenvalue weighted by atomic mass is 32.1. The summed E-state index contributed by atoms with van der Waals surface area (Å²) in [7, 11) is 0. The fourth-order valence-corrected chi connectivity index (χ4v) is 2.07. The molecule has 1 aromatic heterocycles. The van der Waals surface area contributed by atoms with Gasteiger partial charge in [0.05, 0.1) is 6.61 Å². The van der Waals surface area contributed by atoms with Crippen LogP contribution in [0, 0.1) is 6.92 Å². The number of rotatable bonds is 5. The van der Waals surface area contributed by atoms with Crippen molar-refractivity contribution >= 4 is 29.3 Å². The van der Waals surface area contributed by atoms with Crippen molar-refractivity contribution in [2.45, 2.75) is 26.8 Å². The molecule has 0 aliphatic rings. The van der Waals surface area contributed by atoms with Gasteiger partial charge in [0.2, 0.25) is 5.91 Å². The van der Waals surface area contributed by atoms with E-state index in [4.69, 9.17) is 4.74 Å². The SMILES string of the molecule is CCOC(=O)C(C)NC(=O)C=Cc1ccc(C)s1. The van der Waals surface area contributed by atoms with Crippen LogP contribution in [0.5, 0.6) is 0 Å². The van der Waals surface area contributed by atoms with Crippen LogP contribution in [0.3, 0.4) is 0 Å². The van der Waals surface area contributed by atoms with E-state index in [1.807, 2.05) is 19.1 Å². The minimum Gasteiger partial charge on any atom is -0.464 e. The molecule has 0 aliphatic heterocycles. The van der Waals surface area contributed by atoms with Crippen LogP contribution in [0.2, 0.25) is 0 Å². The molecule has 1 unspecified atom stereocenters. The van der Waals surface area contributed by atoms with E-state index in [0.29, 0.717) is 6.61 Å². The van der Waals surface area contributed by atoms with Crippen LogP contribution in [0.25, 0.3) is 6.08 Å². The number of hydrogen-bond donors (Lipinski definition) is 1. The molecule has 0 radical (unpaired) electrons. The molecule has 1 aromatic rings. The second-order valence-electron chi connectivity index (χ2n) is 3.76. The summed E-state index contributed by atoms with van der Waals surface area (Å²) in [6.07, 6.45) is 3.14. The highest BCUT2D eigenvalue weighted by Crippen LogP contribution is 2.16. The number of ether oxygens (including phenoxy) is 1. The van der Waals surface area contributed by atoms with Crippen LogP contribution in [-0.2, 0) is 14.3 Å². The van der Waals surface area contributed by atoms with Crippen LogP contribution in [-0.4, -0.2) is 24.5 Å². The van der Waals surface area contributed by atoms with Crippen molar-refractivity contribution in [3.05, 3.63) is 28.0 Å². The topological polar surface area (TPSA) is 55.4 Å². The van der Waals surface area contributed by atoms with Gasteiger partial charge in [-0.3, -0.25) is 4.79 Å². The number of hydrogen-bond acceptors (Lipinski definition) is 4. The zero-order valence-electron chi connectivity index (χ0n) is 10.7. The third-order valence-corrected chi connectivity index (χ3v) is 3.12. The third-order valence-electron chi connectivity index (χ3n) is 2.16. The normalized spacial score (nSPS) is 12.4. The molecule has 0 bridgehead atoms. The molecular formula is C13H17NO3S. The van der Waals surface area contributed by atoms with E-state index in [1.54, 1.807) is 31.3 Å². The van der Waals surface area contributed by atoms with Crippen LogP contribution >= 0.6 is 11.3 Å². The number of aryl methyl sites for hydroxylation is 1. The van der Waals surface area contributed by atoms with Crippen molar-refractivity contribution in [2.75, 3.05) is 6.61 Å². The Kier molecular flexibility index (Phi) is 5.58. The van der Waals surface area contributed by atoms with Crippen molar-refractivity contribution in [2.24, 2.45) is 0 Å². The minimum atomic E-state index is -0.632. The molecule has 0 aromatic carbocycles. The molecule has 98 valence electrons. The molecule has 1 atom stereocenters. The molecule has 0 aliphatic carbocycles. The van der Waals surface area contributed by atoms with Gasteiger partial charge in [0.25, 0.3) is 0 Å². The molecule has 1 rings (SSSR count). The fraction of sp³-hybridized carbons (Fsp3) is 0.385. The second-order valence-corrected chi connectivity index (χ2v) is 5.08. The summed E-state index contributed by atoms with van der Waals surface area (Å²) in [4.78, 5) is 25.0. The van der Waals surface area contributed by atoms with E-state index in [-0.39, 0.29) is 5.91 Å². The average molecular weight is 267 g/mol. The first-order chi connectivity index (χ1) is 8.52. The zero-order chi connectivity index (χ0) is 13.5. The number of esters is 1. The van der Waals surface area contributed by atoms with Crippen molar-refractivity contribution in [1.29, 1.82) is 0 Å². The Labute approximate surface area is 111 Å².